The summed E-state index contributed by atoms with van der Waals surface area (Å²) in [5, 5.41) is 0.788. The lowest BCUT2D eigenvalue weighted by Crippen LogP contribution is -2.26. The van der Waals surface area contributed by atoms with Gasteiger partial charge in [-0.2, -0.15) is 0 Å². The highest BCUT2D eigenvalue weighted by atomic mass is 35.5. The van der Waals surface area contributed by atoms with Crippen LogP contribution >= 0.6 is 11.6 Å². The third-order valence-electron chi connectivity index (χ3n) is 2.92. The highest BCUT2D eigenvalue weighted by Crippen LogP contribution is 2.20. The number of hydrogen-bond donors (Lipinski definition) is 1. The van der Waals surface area contributed by atoms with Gasteiger partial charge in [-0.15, -0.1) is 0 Å². The summed E-state index contributed by atoms with van der Waals surface area (Å²) < 4.78 is 0. The van der Waals surface area contributed by atoms with E-state index in [4.69, 9.17) is 17.3 Å². The lowest BCUT2D eigenvalue weighted by molar-refractivity contribution is 0.726. The van der Waals surface area contributed by atoms with Crippen LogP contribution in [-0.2, 0) is 6.54 Å². The number of anilines is 1. The normalized spacial score (nSPS) is 10.4. The van der Waals surface area contributed by atoms with Crippen LogP contribution in [0.15, 0.2) is 48.7 Å². The van der Waals surface area contributed by atoms with Crippen molar-refractivity contribution in [2.24, 2.45) is 5.73 Å². The Balaban J connectivity index is 2.17. The summed E-state index contributed by atoms with van der Waals surface area (Å²) in [5.41, 5.74) is 6.71. The molecule has 0 fully saturated rings. The van der Waals surface area contributed by atoms with Crippen molar-refractivity contribution in [2.45, 2.75) is 13.0 Å². The zero-order valence-electron chi connectivity index (χ0n) is 10.8. The molecule has 2 N–H and O–H groups in total. The summed E-state index contributed by atoms with van der Waals surface area (Å²) in [7, 11) is 0. The molecule has 1 aromatic carbocycles. The maximum absolute atomic E-state index is 6.22. The first-order valence-corrected chi connectivity index (χ1v) is 6.78. The maximum Gasteiger partial charge on any atom is 0.128 e. The molecule has 2 aromatic rings. The van der Waals surface area contributed by atoms with Crippen LogP contribution in [0.4, 0.5) is 5.82 Å². The molecule has 0 amide bonds. The molecule has 4 heteroatoms. The molecule has 0 bridgehead atoms. The van der Waals surface area contributed by atoms with Gasteiger partial charge in [0, 0.05) is 24.3 Å². The third-order valence-corrected chi connectivity index (χ3v) is 3.29. The molecule has 0 saturated carbocycles. The number of benzene rings is 1. The molecule has 0 unspecified atom stereocenters. The zero-order chi connectivity index (χ0) is 13.5. The minimum absolute atomic E-state index is 0.672. The summed E-state index contributed by atoms with van der Waals surface area (Å²) in [6.07, 6.45) is 2.73. The molecule has 2 rings (SSSR count). The average molecular weight is 276 g/mol. The molecule has 0 saturated heterocycles. The van der Waals surface area contributed by atoms with Crippen LogP contribution in [0, 0.1) is 0 Å². The molecule has 0 radical (unpaired) electrons. The van der Waals surface area contributed by atoms with Crippen molar-refractivity contribution < 1.29 is 0 Å². The van der Waals surface area contributed by atoms with Gasteiger partial charge >= 0.3 is 0 Å². The predicted molar refractivity (Wildman–Crippen MR) is 80.4 cm³/mol. The number of hydrogen-bond acceptors (Lipinski definition) is 3. The van der Waals surface area contributed by atoms with Crippen molar-refractivity contribution in [2.75, 3.05) is 18.0 Å². The monoisotopic (exact) mass is 275 g/mol. The Labute approximate surface area is 119 Å². The van der Waals surface area contributed by atoms with E-state index in [1.807, 2.05) is 42.5 Å². The van der Waals surface area contributed by atoms with E-state index < -0.39 is 0 Å². The van der Waals surface area contributed by atoms with Gasteiger partial charge in [-0.25, -0.2) is 4.98 Å². The van der Waals surface area contributed by atoms with E-state index >= 15 is 0 Å². The van der Waals surface area contributed by atoms with Crippen LogP contribution in [0.5, 0.6) is 0 Å². The molecular weight excluding hydrogens is 258 g/mol. The van der Waals surface area contributed by atoms with Gasteiger partial charge in [0.05, 0.1) is 0 Å². The molecule has 0 atom stereocenters. The van der Waals surface area contributed by atoms with Gasteiger partial charge in [-0.1, -0.05) is 35.9 Å². The van der Waals surface area contributed by atoms with Crippen LogP contribution in [0.1, 0.15) is 12.0 Å². The van der Waals surface area contributed by atoms with Crippen molar-refractivity contribution in [3.63, 3.8) is 0 Å². The fraction of sp³-hybridized carbons (Fsp3) is 0.267. The standard InChI is InChI=1S/C15H18ClN3/c16-14-7-2-1-6-13(14)12-19(11-5-9-17)15-8-3-4-10-18-15/h1-4,6-8,10H,5,9,11-12,17H2. The molecule has 1 aromatic heterocycles. The molecule has 3 nitrogen and oxygen atoms in total. The fourth-order valence-electron chi connectivity index (χ4n) is 1.93. The summed E-state index contributed by atoms with van der Waals surface area (Å²) >= 11 is 6.22. The van der Waals surface area contributed by atoms with Crippen molar-refractivity contribution in [3.05, 3.63) is 59.2 Å². The lowest BCUT2D eigenvalue weighted by Gasteiger charge is -2.24. The summed E-state index contributed by atoms with van der Waals surface area (Å²) in [5.74, 6) is 0.955. The van der Waals surface area contributed by atoms with Gasteiger partial charge in [-0.3, -0.25) is 0 Å². The van der Waals surface area contributed by atoms with Crippen LogP contribution in [-0.4, -0.2) is 18.1 Å². The largest absolute Gasteiger partial charge is 0.352 e. The Kier molecular flexibility index (Phi) is 5.19. The van der Waals surface area contributed by atoms with Crippen molar-refractivity contribution in [3.8, 4) is 0 Å². The number of halogens is 1. The minimum atomic E-state index is 0.672. The molecule has 0 aliphatic heterocycles. The number of nitrogens with zero attached hydrogens (tertiary/aromatic N) is 2. The second-order valence-corrected chi connectivity index (χ2v) is 4.75. The molecule has 0 aliphatic carbocycles. The van der Waals surface area contributed by atoms with Crippen LogP contribution in [0.25, 0.3) is 0 Å². The first-order valence-electron chi connectivity index (χ1n) is 6.40. The summed E-state index contributed by atoms with van der Waals surface area (Å²) in [6.45, 7) is 2.29. The van der Waals surface area contributed by atoms with Gasteiger partial charge < -0.3 is 10.6 Å². The Morgan fingerprint density at radius 2 is 1.89 bits per heavy atom. The molecule has 100 valence electrons. The van der Waals surface area contributed by atoms with Crippen LogP contribution in [0.3, 0.4) is 0 Å². The van der Waals surface area contributed by atoms with Crippen molar-refractivity contribution in [1.82, 2.24) is 4.98 Å². The maximum atomic E-state index is 6.22. The van der Waals surface area contributed by atoms with E-state index in [-0.39, 0.29) is 0 Å². The molecular formula is C15H18ClN3. The van der Waals surface area contributed by atoms with Gasteiger partial charge in [-0.05, 0) is 36.7 Å². The Morgan fingerprint density at radius 1 is 1.11 bits per heavy atom. The first-order chi connectivity index (χ1) is 9.31. The van der Waals surface area contributed by atoms with Crippen molar-refractivity contribution >= 4 is 17.4 Å². The van der Waals surface area contributed by atoms with E-state index in [0.29, 0.717) is 6.54 Å². The highest BCUT2D eigenvalue weighted by Gasteiger charge is 2.09. The summed E-state index contributed by atoms with van der Waals surface area (Å²) in [6, 6.07) is 13.8. The van der Waals surface area contributed by atoms with E-state index in [0.717, 1.165) is 35.9 Å². The van der Waals surface area contributed by atoms with Gasteiger partial charge in [0.2, 0.25) is 0 Å². The Bertz CT molecular complexity index is 502. The first kappa shape index (κ1) is 13.8. The minimum Gasteiger partial charge on any atom is -0.352 e. The molecule has 0 aliphatic rings. The predicted octanol–water partition coefficient (Wildman–Crippen LogP) is 3.09. The highest BCUT2D eigenvalue weighted by molar-refractivity contribution is 6.31. The SMILES string of the molecule is NCCCN(Cc1ccccc1Cl)c1ccccn1. The van der Waals surface area contributed by atoms with Crippen LogP contribution < -0.4 is 10.6 Å². The Morgan fingerprint density at radius 3 is 2.58 bits per heavy atom. The quantitative estimate of drug-likeness (QED) is 0.881. The molecule has 1 heterocycles. The smallest absolute Gasteiger partial charge is 0.128 e. The number of pyridine rings is 1. The third kappa shape index (κ3) is 3.94. The second-order valence-electron chi connectivity index (χ2n) is 4.34. The number of nitrogens with two attached hydrogens (primary N) is 1. The zero-order valence-corrected chi connectivity index (χ0v) is 11.6. The van der Waals surface area contributed by atoms with E-state index in [9.17, 15) is 0 Å². The van der Waals surface area contributed by atoms with Crippen LogP contribution in [0.2, 0.25) is 5.02 Å². The van der Waals surface area contributed by atoms with E-state index in [1.165, 1.54) is 0 Å². The number of aromatic nitrogens is 1. The summed E-state index contributed by atoms with van der Waals surface area (Å²) in [4.78, 5) is 6.60. The topological polar surface area (TPSA) is 42.1 Å². The molecule has 19 heavy (non-hydrogen) atoms. The average Bonchev–Trinajstić information content (AvgIpc) is 2.46. The van der Waals surface area contributed by atoms with E-state index in [2.05, 4.69) is 9.88 Å². The molecule has 0 spiro atoms. The van der Waals surface area contributed by atoms with Crippen molar-refractivity contribution in [1.29, 1.82) is 0 Å². The Hall–Kier alpha value is -1.58. The fourth-order valence-corrected chi connectivity index (χ4v) is 2.13. The second kappa shape index (κ2) is 7.12. The van der Waals surface area contributed by atoms with E-state index in [1.54, 1.807) is 6.20 Å². The van der Waals surface area contributed by atoms with Gasteiger partial charge in [0.25, 0.3) is 0 Å². The lowest BCUT2D eigenvalue weighted by atomic mass is 10.2. The van der Waals surface area contributed by atoms with Gasteiger partial charge in [0.15, 0.2) is 0 Å². The number of rotatable bonds is 6. The van der Waals surface area contributed by atoms with Gasteiger partial charge in [0.1, 0.15) is 5.82 Å².